The van der Waals surface area contributed by atoms with Crippen molar-refractivity contribution in [3.8, 4) is 0 Å². The minimum Gasteiger partial charge on any atom is -0.365 e. The maximum absolute atomic E-state index is 13.0. The number of ether oxygens (including phenoxy) is 1. The van der Waals surface area contributed by atoms with E-state index in [0.29, 0.717) is 0 Å². The van der Waals surface area contributed by atoms with E-state index in [1.165, 1.54) is 12.1 Å². The quantitative estimate of drug-likeness (QED) is 0.755. The molecule has 2 rings (SSSR count). The molecule has 0 unspecified atom stereocenters. The van der Waals surface area contributed by atoms with Crippen molar-refractivity contribution in [3.05, 3.63) is 30.1 Å². The van der Waals surface area contributed by atoms with Crippen LogP contribution in [0.4, 0.5) is 17.6 Å². The van der Waals surface area contributed by atoms with Crippen molar-refractivity contribution in [1.82, 2.24) is 9.62 Å². The fourth-order valence-electron chi connectivity index (χ4n) is 1.95. The van der Waals surface area contributed by atoms with E-state index in [1.807, 2.05) is 4.72 Å². The molecule has 0 saturated carbocycles. The van der Waals surface area contributed by atoms with Crippen molar-refractivity contribution in [3.63, 3.8) is 0 Å². The highest BCUT2D eigenvalue weighted by molar-refractivity contribution is 7.89. The second kappa shape index (κ2) is 7.03. The average Bonchev–Trinajstić information content (AvgIpc) is 2.42. The number of hydrogen-bond acceptors (Lipinski definition) is 4. The minimum absolute atomic E-state index is 0.0450. The molecular formula is C13H14F4N2O4S. The van der Waals surface area contributed by atoms with Crippen LogP contribution in [-0.2, 0) is 19.6 Å². The van der Waals surface area contributed by atoms with Gasteiger partial charge in [-0.1, -0.05) is 6.07 Å². The number of nitrogens with zero attached hydrogens (tertiary/aromatic N) is 1. The molecule has 0 spiro atoms. The van der Waals surface area contributed by atoms with Gasteiger partial charge in [0.25, 0.3) is 0 Å². The number of carbonyl (C=O) groups excluding carboxylic acids is 1. The summed E-state index contributed by atoms with van der Waals surface area (Å²) in [5.41, 5.74) is 0. The Balaban J connectivity index is 1.78. The lowest BCUT2D eigenvalue weighted by atomic mass is 10.1. The van der Waals surface area contributed by atoms with Crippen LogP contribution < -0.4 is 4.72 Å². The first-order valence-electron chi connectivity index (χ1n) is 6.78. The summed E-state index contributed by atoms with van der Waals surface area (Å²) in [5, 5.41) is 0. The van der Waals surface area contributed by atoms with E-state index in [0.717, 1.165) is 17.0 Å². The highest BCUT2D eigenvalue weighted by Crippen LogP contribution is 2.19. The van der Waals surface area contributed by atoms with Gasteiger partial charge in [-0.25, -0.2) is 17.5 Å². The fourth-order valence-corrected chi connectivity index (χ4v) is 2.95. The summed E-state index contributed by atoms with van der Waals surface area (Å²) in [5.74, 6) is -1.35. The highest BCUT2D eigenvalue weighted by atomic mass is 32.2. The number of carbonyl (C=O) groups is 1. The Kier molecular flexibility index (Phi) is 5.45. The normalized spacial score (nSPS) is 16.1. The van der Waals surface area contributed by atoms with Gasteiger partial charge in [0.1, 0.15) is 12.4 Å². The van der Waals surface area contributed by atoms with E-state index < -0.39 is 47.2 Å². The monoisotopic (exact) mass is 370 g/mol. The number of likely N-dealkylation sites (tertiary alicyclic amines) is 1. The van der Waals surface area contributed by atoms with Crippen LogP contribution in [0.3, 0.4) is 0 Å². The molecule has 134 valence electrons. The van der Waals surface area contributed by atoms with Gasteiger partial charge in [0, 0.05) is 13.1 Å². The number of rotatable bonds is 6. The van der Waals surface area contributed by atoms with E-state index in [4.69, 9.17) is 0 Å². The standard InChI is InChI=1S/C13H14F4N2O4S/c14-9-2-1-3-11(4-9)24(21,22)18-5-12(20)19-6-10(7-19)23-8-13(15,16)17/h1-4,10,18H,5-8H2. The molecule has 6 nitrogen and oxygen atoms in total. The summed E-state index contributed by atoms with van der Waals surface area (Å²) >= 11 is 0. The van der Waals surface area contributed by atoms with Gasteiger partial charge >= 0.3 is 6.18 Å². The Labute approximate surface area is 135 Å². The van der Waals surface area contributed by atoms with Crippen molar-refractivity contribution >= 4 is 15.9 Å². The number of amides is 1. The van der Waals surface area contributed by atoms with Crippen molar-refractivity contribution in [2.75, 3.05) is 26.2 Å². The first kappa shape index (κ1) is 18.6. The van der Waals surface area contributed by atoms with Gasteiger partial charge in [0.2, 0.25) is 15.9 Å². The number of alkyl halides is 3. The lowest BCUT2D eigenvalue weighted by Crippen LogP contribution is -2.57. The van der Waals surface area contributed by atoms with E-state index >= 15 is 0 Å². The smallest absolute Gasteiger partial charge is 0.365 e. The van der Waals surface area contributed by atoms with E-state index in [9.17, 15) is 30.8 Å². The molecule has 24 heavy (non-hydrogen) atoms. The molecule has 11 heteroatoms. The Morgan fingerprint density at radius 2 is 2.00 bits per heavy atom. The zero-order valence-corrected chi connectivity index (χ0v) is 13.0. The Morgan fingerprint density at radius 3 is 2.58 bits per heavy atom. The third kappa shape index (κ3) is 5.14. The average molecular weight is 370 g/mol. The summed E-state index contributed by atoms with van der Waals surface area (Å²) in [6, 6.07) is 4.26. The number of sulfonamides is 1. The van der Waals surface area contributed by atoms with Crippen LogP contribution in [0.15, 0.2) is 29.2 Å². The number of hydrogen-bond donors (Lipinski definition) is 1. The molecule has 1 amide bonds. The molecule has 1 aromatic carbocycles. The van der Waals surface area contributed by atoms with Crippen molar-refractivity contribution in [2.24, 2.45) is 0 Å². The lowest BCUT2D eigenvalue weighted by molar-refractivity contribution is -0.199. The Morgan fingerprint density at radius 1 is 1.33 bits per heavy atom. The van der Waals surface area contributed by atoms with Crippen LogP contribution in [0.25, 0.3) is 0 Å². The molecule has 0 radical (unpaired) electrons. The van der Waals surface area contributed by atoms with Gasteiger partial charge in [-0.2, -0.15) is 13.2 Å². The molecule has 1 saturated heterocycles. The molecule has 1 aliphatic heterocycles. The molecule has 1 aliphatic rings. The van der Waals surface area contributed by atoms with Crippen molar-refractivity contribution < 1.29 is 35.5 Å². The second-order valence-electron chi connectivity index (χ2n) is 5.13. The topological polar surface area (TPSA) is 75.7 Å². The number of halogens is 4. The predicted octanol–water partition coefficient (Wildman–Crippen LogP) is 0.894. The SMILES string of the molecule is O=C(CNS(=O)(=O)c1cccc(F)c1)N1CC(OCC(F)(F)F)C1. The van der Waals surface area contributed by atoms with Crippen LogP contribution in [0, 0.1) is 5.82 Å². The maximum Gasteiger partial charge on any atom is 0.411 e. The number of nitrogens with one attached hydrogen (secondary N) is 1. The van der Waals surface area contributed by atoms with Crippen LogP contribution in [0.2, 0.25) is 0 Å². The predicted molar refractivity (Wildman–Crippen MR) is 74.0 cm³/mol. The second-order valence-corrected chi connectivity index (χ2v) is 6.90. The van der Waals surface area contributed by atoms with Gasteiger partial charge in [0.15, 0.2) is 0 Å². The Hall–Kier alpha value is -1.72. The van der Waals surface area contributed by atoms with Crippen LogP contribution in [0.5, 0.6) is 0 Å². The fraction of sp³-hybridized carbons (Fsp3) is 0.462. The van der Waals surface area contributed by atoms with Gasteiger partial charge in [-0.05, 0) is 18.2 Å². The lowest BCUT2D eigenvalue weighted by Gasteiger charge is -2.39. The zero-order chi connectivity index (χ0) is 18.0. The largest absolute Gasteiger partial charge is 0.411 e. The molecule has 1 aromatic rings. The minimum atomic E-state index is -4.44. The highest BCUT2D eigenvalue weighted by Gasteiger charge is 2.36. The number of benzene rings is 1. The summed E-state index contributed by atoms with van der Waals surface area (Å²) in [6.07, 6.45) is -5.17. The van der Waals surface area contributed by atoms with E-state index in [1.54, 1.807) is 0 Å². The summed E-state index contributed by atoms with van der Waals surface area (Å²) in [6.45, 7) is -2.07. The molecule has 1 N–H and O–H groups in total. The van der Waals surface area contributed by atoms with Gasteiger partial charge in [0.05, 0.1) is 17.5 Å². The third-order valence-corrected chi connectivity index (χ3v) is 4.60. The summed E-state index contributed by atoms with van der Waals surface area (Å²) in [7, 11) is -4.06. The first-order valence-corrected chi connectivity index (χ1v) is 8.26. The zero-order valence-electron chi connectivity index (χ0n) is 12.2. The van der Waals surface area contributed by atoms with E-state index in [-0.39, 0.29) is 18.0 Å². The molecule has 0 atom stereocenters. The molecule has 1 heterocycles. The van der Waals surface area contributed by atoms with Gasteiger partial charge in [-0.3, -0.25) is 4.79 Å². The third-order valence-electron chi connectivity index (χ3n) is 3.20. The molecule has 1 fully saturated rings. The van der Waals surface area contributed by atoms with E-state index in [2.05, 4.69) is 4.74 Å². The summed E-state index contributed by atoms with van der Waals surface area (Å²) in [4.78, 5) is 12.6. The van der Waals surface area contributed by atoms with Crippen LogP contribution >= 0.6 is 0 Å². The molecule has 0 aromatic heterocycles. The molecule has 0 bridgehead atoms. The Bertz CT molecular complexity index is 702. The van der Waals surface area contributed by atoms with Gasteiger partial charge in [-0.15, -0.1) is 0 Å². The molecular weight excluding hydrogens is 356 g/mol. The van der Waals surface area contributed by atoms with Crippen molar-refractivity contribution in [1.29, 1.82) is 0 Å². The molecule has 0 aliphatic carbocycles. The van der Waals surface area contributed by atoms with Crippen molar-refractivity contribution in [2.45, 2.75) is 17.2 Å². The summed E-state index contributed by atoms with van der Waals surface area (Å²) < 4.78 is 79.3. The maximum atomic E-state index is 13.0. The van der Waals surface area contributed by atoms with Crippen LogP contribution in [-0.4, -0.2) is 57.7 Å². The van der Waals surface area contributed by atoms with Gasteiger partial charge < -0.3 is 9.64 Å². The van der Waals surface area contributed by atoms with Crippen LogP contribution in [0.1, 0.15) is 0 Å². The first-order chi connectivity index (χ1) is 11.1.